The van der Waals surface area contributed by atoms with Crippen LogP contribution in [-0.2, 0) is 39.9 Å². The molecule has 2 fully saturated rings. The van der Waals surface area contributed by atoms with Crippen molar-refractivity contribution < 1.29 is 58.3 Å². The van der Waals surface area contributed by atoms with Gasteiger partial charge in [-0.3, -0.25) is 29.0 Å². The second kappa shape index (κ2) is 30.6. The van der Waals surface area contributed by atoms with Crippen molar-refractivity contribution in [2.75, 3.05) is 6.54 Å². The highest BCUT2D eigenvalue weighted by atomic mass is 19.1. The Bertz CT molecular complexity index is 2330. The first-order valence-corrected chi connectivity index (χ1v) is 28.0. The van der Waals surface area contributed by atoms with Crippen LogP contribution in [0, 0.1) is 47.2 Å². The van der Waals surface area contributed by atoms with E-state index in [1.54, 1.807) is 20.8 Å². The SMILES string of the molecule is CCC1C[C@H](C)[C@@](O)(/C(C)=C\C(C)CCC(O)C(C)CC/C=C/C=C(\C)[C@@H]2C/C=C/C=C/CC(C)C(O)C(CCC(C)=O)C(=O)NC(C(C)C)C(=O)NC(Cc3ccc(F)c(O)c3)C(=O)N3CCCC(N3)C(=O)O2)NC1=O. The standard InChI is InChI=1S/C60H90FN5O11/c1-11-45-33-42(9)60(76,64-55(45)71)41(8)32-37(4)25-30-50(68)38(5)20-16-14-17-21-39(6)52-24-18-13-12-15-22-40(7)54(70)46(28-26-43(10)67)56(72)63-53(36(2)3)57(73)62-49(34-44-27-29-47(61)51(69)35-44)58(74)66-31-19-23-48(65-66)59(75)77-52/h12-15,17-18,21,27,29,32,35-38,40,42,45-46,48-50,52-54,65,68-70,76H,11,16,19-20,22-26,28,30-31,33-34H2,1-10H3,(H,62,73)(H,63,72)(H,64,71)/b15-12+,17-14+,18-13+,39-21+,41-32-/t37?,38?,40?,42-,45?,46?,48?,49?,50?,52-,53?,54?,60-/m0/s1. The minimum absolute atomic E-state index is 0.00616. The maximum absolute atomic E-state index is 14.5. The van der Waals surface area contributed by atoms with Gasteiger partial charge in [0.25, 0.3) is 5.91 Å². The minimum Gasteiger partial charge on any atom is -0.505 e. The topological polar surface area (TPSA) is 244 Å². The summed E-state index contributed by atoms with van der Waals surface area (Å²) >= 11 is 0. The number of cyclic esters (lactones) is 1. The average molecular weight is 1080 g/mol. The van der Waals surface area contributed by atoms with Gasteiger partial charge in [0, 0.05) is 37.6 Å². The smallest absolute Gasteiger partial charge is 0.325 e. The van der Waals surface area contributed by atoms with Crippen molar-refractivity contribution in [3.63, 3.8) is 0 Å². The Morgan fingerprint density at radius 2 is 1.66 bits per heavy atom. The number of halogens is 1. The van der Waals surface area contributed by atoms with Crippen LogP contribution in [0.4, 0.5) is 4.39 Å². The molecule has 13 atom stereocenters. The number of carbonyl (C=O) groups is 6. The largest absolute Gasteiger partial charge is 0.505 e. The lowest BCUT2D eigenvalue weighted by molar-refractivity contribution is -0.156. The van der Waals surface area contributed by atoms with Gasteiger partial charge in [0.05, 0.1) is 18.1 Å². The highest BCUT2D eigenvalue weighted by molar-refractivity contribution is 5.93. The number of benzene rings is 1. The van der Waals surface area contributed by atoms with Crippen LogP contribution in [0.2, 0.25) is 0 Å². The van der Waals surface area contributed by atoms with E-state index in [1.807, 2.05) is 90.2 Å². The summed E-state index contributed by atoms with van der Waals surface area (Å²) < 4.78 is 20.3. The number of rotatable bonds is 18. The summed E-state index contributed by atoms with van der Waals surface area (Å²) in [7, 11) is 0. The second-order valence-corrected chi connectivity index (χ2v) is 22.5. The van der Waals surface area contributed by atoms with Crippen LogP contribution in [-0.4, -0.2) is 110 Å². The quantitative estimate of drug-likeness (QED) is 0.0405. The molecule has 0 radical (unpaired) electrons. The monoisotopic (exact) mass is 1080 g/mol. The zero-order valence-corrected chi connectivity index (χ0v) is 47.2. The molecule has 0 aromatic heterocycles. The van der Waals surface area contributed by atoms with E-state index in [4.69, 9.17) is 4.74 Å². The number of ketones is 1. The predicted octanol–water partition coefficient (Wildman–Crippen LogP) is 7.51. The fraction of sp³-hybridized carbons (Fsp3) is 0.633. The summed E-state index contributed by atoms with van der Waals surface area (Å²) in [6.45, 7) is 18.5. The van der Waals surface area contributed by atoms with E-state index < -0.39 is 95.2 Å². The van der Waals surface area contributed by atoms with Gasteiger partial charge in [0.2, 0.25) is 17.7 Å². The number of ether oxygens (including phenoxy) is 1. The minimum atomic E-state index is -1.39. The molecule has 17 heteroatoms. The Labute approximate surface area is 456 Å². The van der Waals surface area contributed by atoms with Crippen LogP contribution in [0.5, 0.6) is 5.75 Å². The molecule has 3 heterocycles. The number of aliphatic hydroxyl groups excluding tert-OH is 2. The zero-order chi connectivity index (χ0) is 57.1. The molecule has 2 bridgehead atoms. The predicted molar refractivity (Wildman–Crippen MR) is 294 cm³/mol. The summed E-state index contributed by atoms with van der Waals surface area (Å²) in [5, 5.41) is 54.0. The Kier molecular flexibility index (Phi) is 25.5. The number of nitrogens with one attached hydrogen (secondary N) is 4. The van der Waals surface area contributed by atoms with E-state index in [-0.39, 0.29) is 61.2 Å². The van der Waals surface area contributed by atoms with Gasteiger partial charge in [0.1, 0.15) is 30.0 Å². The van der Waals surface area contributed by atoms with Gasteiger partial charge in [-0.2, -0.15) is 0 Å². The van der Waals surface area contributed by atoms with Crippen molar-refractivity contribution in [3.8, 4) is 5.75 Å². The summed E-state index contributed by atoms with van der Waals surface area (Å²) in [6.07, 6.45) is 18.0. The van der Waals surface area contributed by atoms with Crippen LogP contribution in [0.15, 0.2) is 78.0 Å². The number of aliphatic hydroxyl groups is 3. The molecule has 3 aliphatic heterocycles. The first kappa shape index (κ1) is 64.0. The molecular formula is C60H90FN5O11. The lowest BCUT2D eigenvalue weighted by Crippen LogP contribution is -2.62. The Hall–Kier alpha value is -5.49. The third-order valence-electron chi connectivity index (χ3n) is 15.7. The summed E-state index contributed by atoms with van der Waals surface area (Å²) in [5.41, 5.74) is 3.42. The van der Waals surface area contributed by atoms with Crippen molar-refractivity contribution in [2.24, 2.45) is 41.4 Å². The lowest BCUT2D eigenvalue weighted by Gasteiger charge is -2.42. The molecule has 16 nitrogen and oxygen atoms in total. The zero-order valence-electron chi connectivity index (χ0n) is 47.2. The summed E-state index contributed by atoms with van der Waals surface area (Å²) in [5.74, 6) is -6.49. The van der Waals surface area contributed by atoms with Gasteiger partial charge in [-0.05, 0) is 137 Å². The van der Waals surface area contributed by atoms with E-state index >= 15 is 0 Å². The van der Waals surface area contributed by atoms with Crippen LogP contribution >= 0.6 is 0 Å². The number of carbonyl (C=O) groups excluding carboxylic acids is 6. The highest BCUT2D eigenvalue weighted by Crippen LogP contribution is 2.35. The van der Waals surface area contributed by atoms with E-state index in [0.717, 1.165) is 30.5 Å². The van der Waals surface area contributed by atoms with Gasteiger partial charge >= 0.3 is 5.97 Å². The number of Topliss-reactive ketones (excluding diaryl/α,β-unsaturated/α-hetero) is 1. The van der Waals surface area contributed by atoms with E-state index in [9.17, 15) is 53.6 Å². The molecule has 1 aromatic carbocycles. The normalized spacial score (nSPS) is 30.0. The third-order valence-corrected chi connectivity index (χ3v) is 15.7. The first-order valence-electron chi connectivity index (χ1n) is 28.0. The summed E-state index contributed by atoms with van der Waals surface area (Å²) in [4.78, 5) is 81.5. The highest BCUT2D eigenvalue weighted by Gasteiger charge is 2.44. The van der Waals surface area contributed by atoms with Crippen LogP contribution in [0.1, 0.15) is 152 Å². The van der Waals surface area contributed by atoms with Gasteiger partial charge in [0.15, 0.2) is 17.3 Å². The molecule has 0 saturated carbocycles. The molecule has 0 aliphatic carbocycles. The Morgan fingerprint density at radius 3 is 2.32 bits per heavy atom. The first-order chi connectivity index (χ1) is 36.4. The number of esters is 1. The number of phenols is 1. The van der Waals surface area contributed by atoms with Crippen LogP contribution in [0.3, 0.4) is 0 Å². The number of hydrogen-bond acceptors (Lipinski definition) is 12. The Morgan fingerprint density at radius 1 is 0.961 bits per heavy atom. The molecule has 2 saturated heterocycles. The van der Waals surface area contributed by atoms with Crippen LogP contribution < -0.4 is 21.4 Å². The second-order valence-electron chi connectivity index (χ2n) is 22.5. The number of hydrazine groups is 1. The van der Waals surface area contributed by atoms with Crippen molar-refractivity contribution in [1.29, 1.82) is 0 Å². The molecular weight excluding hydrogens is 986 g/mol. The van der Waals surface area contributed by atoms with Crippen molar-refractivity contribution >= 4 is 35.4 Å². The average Bonchev–Trinajstić information content (AvgIpc) is 3.38. The molecule has 77 heavy (non-hydrogen) atoms. The number of allylic oxidation sites excluding steroid dienone is 7. The lowest BCUT2D eigenvalue weighted by atomic mass is 9.77. The number of amides is 4. The number of nitrogens with zero attached hydrogens (tertiary/aromatic N) is 1. The molecule has 4 amide bonds. The number of phenolic OH excluding ortho intramolecular Hbond substituents is 1. The van der Waals surface area contributed by atoms with Gasteiger partial charge in [-0.15, -0.1) is 0 Å². The molecule has 10 unspecified atom stereocenters. The van der Waals surface area contributed by atoms with E-state index in [2.05, 4.69) is 21.4 Å². The van der Waals surface area contributed by atoms with Crippen molar-refractivity contribution in [1.82, 2.24) is 26.4 Å². The molecule has 4 rings (SSSR count). The van der Waals surface area contributed by atoms with Gasteiger partial charge < -0.3 is 45.9 Å². The van der Waals surface area contributed by atoms with Crippen LogP contribution in [0.25, 0.3) is 0 Å². The van der Waals surface area contributed by atoms with Gasteiger partial charge in [-0.1, -0.05) is 103 Å². The number of hydrogen-bond donors (Lipinski definition) is 8. The van der Waals surface area contributed by atoms with Crippen molar-refractivity contribution in [3.05, 3.63) is 89.3 Å². The van der Waals surface area contributed by atoms with E-state index in [0.29, 0.717) is 62.5 Å². The number of piperidine rings is 1. The number of aromatic hydroxyl groups is 1. The molecule has 3 aliphatic rings. The van der Waals surface area contributed by atoms with E-state index in [1.165, 1.54) is 18.0 Å². The molecule has 1 aromatic rings. The molecule has 0 spiro atoms. The molecule has 428 valence electrons. The maximum Gasteiger partial charge on any atom is 0.325 e. The van der Waals surface area contributed by atoms with Crippen molar-refractivity contribution in [2.45, 2.75) is 195 Å². The number of fused-ring (bicyclic) bond motifs is 2. The Balaban J connectivity index is 1.52. The molecule has 8 N–H and O–H groups in total. The maximum atomic E-state index is 14.5. The fourth-order valence-electron chi connectivity index (χ4n) is 10.3. The van der Waals surface area contributed by atoms with Gasteiger partial charge in [-0.25, -0.2) is 9.82 Å². The summed E-state index contributed by atoms with van der Waals surface area (Å²) in [6, 6.07) is 0.152. The fourth-order valence-corrected chi connectivity index (χ4v) is 10.3. The third kappa shape index (κ3) is 19.1.